The molecule has 2 heterocycles. The summed E-state index contributed by atoms with van der Waals surface area (Å²) in [4.78, 5) is 4.40. The van der Waals surface area contributed by atoms with Crippen LogP contribution in [0.5, 0.6) is 0 Å². The van der Waals surface area contributed by atoms with Gasteiger partial charge < -0.3 is 0 Å². The van der Waals surface area contributed by atoms with Gasteiger partial charge in [-0.2, -0.15) is 10.6 Å². The number of nitrogens with zero attached hydrogens (tertiary/aromatic N) is 5. The number of aromatic nitrogens is 3. The standard InChI is InChI=1S/C15H12Cl2N6/c1-9-15-14(5-10(6-19-15)7-20-22-18)23(21-9)8-11-12(16)3-2-4-13(11)17/h2-7,18H,8H2,1H3. The van der Waals surface area contributed by atoms with Gasteiger partial charge in [0.2, 0.25) is 0 Å². The highest BCUT2D eigenvalue weighted by Crippen LogP contribution is 2.26. The maximum absolute atomic E-state index is 6.72. The number of rotatable bonds is 4. The number of halogens is 2. The fraction of sp³-hybridized carbons (Fsp3) is 0.133. The zero-order chi connectivity index (χ0) is 16.4. The molecule has 0 saturated carbocycles. The summed E-state index contributed by atoms with van der Waals surface area (Å²) in [6.07, 6.45) is 3.13. The molecule has 0 aliphatic carbocycles. The average molecular weight is 347 g/mol. The van der Waals surface area contributed by atoms with E-state index in [1.807, 2.05) is 13.0 Å². The third kappa shape index (κ3) is 3.09. The second-order valence-electron chi connectivity index (χ2n) is 4.92. The van der Waals surface area contributed by atoms with E-state index in [0.29, 0.717) is 16.6 Å². The Morgan fingerprint density at radius 2 is 2.04 bits per heavy atom. The Labute approximate surface area is 142 Å². The molecule has 3 aromatic rings. The van der Waals surface area contributed by atoms with Crippen LogP contribution in [0.2, 0.25) is 10.0 Å². The number of aryl methyl sites for hydroxylation is 1. The summed E-state index contributed by atoms with van der Waals surface area (Å²) in [6.45, 7) is 2.33. The van der Waals surface area contributed by atoms with Gasteiger partial charge in [0.15, 0.2) is 0 Å². The predicted octanol–water partition coefficient (Wildman–Crippen LogP) is 4.46. The predicted molar refractivity (Wildman–Crippen MR) is 90.6 cm³/mol. The Bertz CT molecular complexity index is 895. The van der Waals surface area contributed by atoms with Crippen molar-refractivity contribution in [3.05, 3.63) is 57.3 Å². The third-order valence-electron chi connectivity index (χ3n) is 3.41. The Hall–Kier alpha value is -2.31. The van der Waals surface area contributed by atoms with Crippen molar-refractivity contribution in [2.24, 2.45) is 10.3 Å². The molecule has 1 N–H and O–H groups in total. The molecule has 1 aromatic carbocycles. The van der Waals surface area contributed by atoms with Gasteiger partial charge in [-0.25, -0.2) is 0 Å². The molecule has 0 aliphatic rings. The maximum atomic E-state index is 6.72. The first-order valence-corrected chi connectivity index (χ1v) is 7.51. The van der Waals surface area contributed by atoms with Gasteiger partial charge in [-0.05, 0) is 25.1 Å². The molecule has 3 rings (SSSR count). The smallest absolute Gasteiger partial charge is 0.111 e. The van der Waals surface area contributed by atoms with Crippen molar-refractivity contribution < 1.29 is 0 Å². The van der Waals surface area contributed by atoms with Crippen molar-refractivity contribution >= 4 is 40.4 Å². The molecule has 0 unspecified atom stereocenters. The van der Waals surface area contributed by atoms with E-state index in [4.69, 9.17) is 28.7 Å². The minimum absolute atomic E-state index is 0.438. The van der Waals surface area contributed by atoms with Crippen LogP contribution < -0.4 is 0 Å². The van der Waals surface area contributed by atoms with E-state index in [0.717, 1.165) is 27.9 Å². The Kier molecular flexibility index (Phi) is 4.36. The molecule has 0 bridgehead atoms. The van der Waals surface area contributed by atoms with E-state index in [-0.39, 0.29) is 0 Å². The molecule has 0 radical (unpaired) electrons. The molecule has 0 saturated heterocycles. The molecule has 116 valence electrons. The quantitative estimate of drug-likeness (QED) is 0.430. The summed E-state index contributed by atoms with van der Waals surface area (Å²) in [5, 5.41) is 12.2. The molecule has 2 aromatic heterocycles. The van der Waals surface area contributed by atoms with Crippen molar-refractivity contribution in [1.29, 1.82) is 5.53 Å². The van der Waals surface area contributed by atoms with Crippen LogP contribution in [0.15, 0.2) is 40.8 Å². The summed E-state index contributed by atoms with van der Waals surface area (Å²) in [6, 6.07) is 7.30. The minimum atomic E-state index is 0.438. The van der Waals surface area contributed by atoms with Gasteiger partial charge in [-0.3, -0.25) is 9.67 Å². The number of fused-ring (bicyclic) bond motifs is 1. The topological polar surface area (TPSA) is 79.3 Å². The van der Waals surface area contributed by atoms with Crippen molar-refractivity contribution in [1.82, 2.24) is 14.8 Å². The first kappa shape index (κ1) is 15.6. The van der Waals surface area contributed by atoms with Crippen LogP contribution in [0.1, 0.15) is 16.8 Å². The summed E-state index contributed by atoms with van der Waals surface area (Å²) >= 11 is 12.5. The van der Waals surface area contributed by atoms with Gasteiger partial charge in [0.1, 0.15) is 5.52 Å². The fourth-order valence-electron chi connectivity index (χ4n) is 2.35. The zero-order valence-corrected chi connectivity index (χ0v) is 13.7. The van der Waals surface area contributed by atoms with Crippen molar-refractivity contribution in [3.63, 3.8) is 0 Å². The summed E-state index contributed by atoms with van der Waals surface area (Å²) in [5.74, 6) is 0. The van der Waals surface area contributed by atoms with Gasteiger partial charge in [0, 0.05) is 27.4 Å². The molecular weight excluding hydrogens is 335 g/mol. The summed E-state index contributed by atoms with van der Waals surface area (Å²) < 4.78 is 1.81. The lowest BCUT2D eigenvalue weighted by molar-refractivity contribution is 0.703. The normalized spacial score (nSPS) is 11.4. The number of pyridine rings is 1. The first-order valence-electron chi connectivity index (χ1n) is 6.76. The maximum Gasteiger partial charge on any atom is 0.111 e. The molecule has 8 heteroatoms. The van der Waals surface area contributed by atoms with Crippen molar-refractivity contribution in [2.75, 3.05) is 0 Å². The van der Waals surface area contributed by atoms with Crippen LogP contribution in [-0.4, -0.2) is 21.0 Å². The van der Waals surface area contributed by atoms with Gasteiger partial charge in [0.05, 0.1) is 24.0 Å². The lowest BCUT2D eigenvalue weighted by Crippen LogP contribution is -2.03. The van der Waals surface area contributed by atoms with Gasteiger partial charge in [-0.1, -0.05) is 34.5 Å². The van der Waals surface area contributed by atoms with E-state index < -0.39 is 0 Å². The molecular formula is C15H12Cl2N6. The summed E-state index contributed by atoms with van der Waals surface area (Å²) in [7, 11) is 0. The zero-order valence-electron chi connectivity index (χ0n) is 12.2. The van der Waals surface area contributed by atoms with Crippen LogP contribution in [0.4, 0.5) is 0 Å². The van der Waals surface area contributed by atoms with Gasteiger partial charge in [0.25, 0.3) is 0 Å². The van der Waals surface area contributed by atoms with E-state index in [2.05, 4.69) is 20.4 Å². The van der Waals surface area contributed by atoms with Crippen LogP contribution in [0.3, 0.4) is 0 Å². The first-order chi connectivity index (χ1) is 11.1. The van der Waals surface area contributed by atoms with E-state index in [1.54, 1.807) is 29.1 Å². The van der Waals surface area contributed by atoms with Crippen molar-refractivity contribution in [3.8, 4) is 0 Å². The monoisotopic (exact) mass is 346 g/mol. The molecule has 0 aliphatic heterocycles. The van der Waals surface area contributed by atoms with Crippen LogP contribution in [-0.2, 0) is 6.54 Å². The summed E-state index contributed by atoms with van der Waals surface area (Å²) in [5.41, 5.74) is 10.7. The lowest BCUT2D eigenvalue weighted by atomic mass is 10.2. The largest absolute Gasteiger partial charge is 0.258 e. The molecule has 0 spiro atoms. The van der Waals surface area contributed by atoms with Gasteiger partial charge >= 0.3 is 0 Å². The molecule has 23 heavy (non-hydrogen) atoms. The number of hydrogen-bond donors (Lipinski definition) is 1. The second kappa shape index (κ2) is 6.44. The van der Waals surface area contributed by atoms with E-state index in [9.17, 15) is 0 Å². The second-order valence-corrected chi connectivity index (χ2v) is 5.74. The fourth-order valence-corrected chi connectivity index (χ4v) is 2.86. The molecule has 0 atom stereocenters. The Morgan fingerprint density at radius 1 is 1.30 bits per heavy atom. The van der Waals surface area contributed by atoms with Gasteiger partial charge in [-0.15, -0.1) is 5.10 Å². The highest BCUT2D eigenvalue weighted by atomic mass is 35.5. The molecule has 6 nitrogen and oxygen atoms in total. The van der Waals surface area contributed by atoms with E-state index >= 15 is 0 Å². The average Bonchev–Trinajstić information content (AvgIpc) is 2.85. The Balaban J connectivity index is 2.10. The molecule has 0 amide bonds. The minimum Gasteiger partial charge on any atom is -0.258 e. The van der Waals surface area contributed by atoms with Crippen LogP contribution in [0, 0.1) is 12.5 Å². The number of nitrogens with one attached hydrogen (secondary N) is 1. The van der Waals surface area contributed by atoms with Crippen LogP contribution in [0.25, 0.3) is 11.0 Å². The van der Waals surface area contributed by atoms with E-state index in [1.165, 1.54) is 6.21 Å². The Morgan fingerprint density at radius 3 is 2.74 bits per heavy atom. The number of benzene rings is 1. The SMILES string of the molecule is Cc1nn(Cc2c(Cl)cccc2Cl)c2cc(C=NN=N)cnc12. The lowest BCUT2D eigenvalue weighted by Gasteiger charge is -2.08. The highest BCUT2D eigenvalue weighted by Gasteiger charge is 2.13. The van der Waals surface area contributed by atoms with Crippen LogP contribution >= 0.6 is 23.2 Å². The molecule has 0 fully saturated rings. The number of hydrogen-bond acceptors (Lipinski definition) is 4. The third-order valence-corrected chi connectivity index (χ3v) is 4.12. The van der Waals surface area contributed by atoms with Crippen molar-refractivity contribution in [2.45, 2.75) is 13.5 Å². The highest BCUT2D eigenvalue weighted by molar-refractivity contribution is 6.36.